The van der Waals surface area contributed by atoms with Crippen LogP contribution in [-0.2, 0) is 10.2 Å². The maximum Gasteiger partial charge on any atom is 0.123 e. The molecule has 2 aromatic carbocycles. The van der Waals surface area contributed by atoms with Crippen molar-refractivity contribution in [3.05, 3.63) is 65.7 Å². The molecule has 0 N–H and O–H groups in total. The molecule has 3 heteroatoms. The summed E-state index contributed by atoms with van der Waals surface area (Å²) in [6, 6.07) is 19.5. The molecule has 2 aliphatic rings. The molecule has 4 rings (SSSR count). The number of benzene rings is 2. The average Bonchev–Trinajstić information content (AvgIpc) is 2.64. The molecule has 2 aliphatic heterocycles. The molecule has 1 saturated heterocycles. The summed E-state index contributed by atoms with van der Waals surface area (Å²) in [7, 11) is 0. The minimum absolute atomic E-state index is 0.00738. The van der Waals surface area contributed by atoms with Gasteiger partial charge in [0.15, 0.2) is 0 Å². The van der Waals surface area contributed by atoms with E-state index in [4.69, 9.17) is 9.47 Å². The Hall–Kier alpha value is -1.84. The van der Waals surface area contributed by atoms with E-state index in [0.29, 0.717) is 0 Å². The number of para-hydroxylation sites is 1. The van der Waals surface area contributed by atoms with Crippen molar-refractivity contribution in [1.82, 2.24) is 4.90 Å². The van der Waals surface area contributed by atoms with Crippen LogP contribution in [0.4, 0.5) is 0 Å². The lowest BCUT2D eigenvalue weighted by Gasteiger charge is -2.43. The lowest BCUT2D eigenvalue weighted by Crippen LogP contribution is -2.48. The second-order valence-corrected chi connectivity index (χ2v) is 6.43. The third-order valence-electron chi connectivity index (χ3n) is 5.11. The van der Waals surface area contributed by atoms with Gasteiger partial charge in [-0.3, -0.25) is 4.90 Å². The summed E-state index contributed by atoms with van der Waals surface area (Å²) in [5, 5.41) is 0. The van der Waals surface area contributed by atoms with Crippen molar-refractivity contribution in [3.63, 3.8) is 0 Å². The first-order valence-electron chi connectivity index (χ1n) is 8.46. The highest BCUT2D eigenvalue weighted by atomic mass is 16.5. The molecule has 1 unspecified atom stereocenters. The van der Waals surface area contributed by atoms with Gasteiger partial charge >= 0.3 is 0 Å². The van der Waals surface area contributed by atoms with Crippen LogP contribution in [0.1, 0.15) is 17.5 Å². The van der Waals surface area contributed by atoms with E-state index in [9.17, 15) is 0 Å². The predicted molar refractivity (Wildman–Crippen MR) is 91.0 cm³/mol. The van der Waals surface area contributed by atoms with E-state index in [1.54, 1.807) is 0 Å². The van der Waals surface area contributed by atoms with E-state index in [-0.39, 0.29) is 5.41 Å². The number of nitrogens with zero attached hydrogens (tertiary/aromatic N) is 1. The smallest absolute Gasteiger partial charge is 0.123 e. The van der Waals surface area contributed by atoms with E-state index >= 15 is 0 Å². The van der Waals surface area contributed by atoms with Crippen LogP contribution < -0.4 is 4.74 Å². The van der Waals surface area contributed by atoms with E-state index in [1.165, 1.54) is 11.1 Å². The van der Waals surface area contributed by atoms with Crippen molar-refractivity contribution >= 4 is 0 Å². The van der Waals surface area contributed by atoms with Crippen molar-refractivity contribution < 1.29 is 9.47 Å². The minimum atomic E-state index is 0.00738. The summed E-state index contributed by atoms with van der Waals surface area (Å²) in [6.07, 6.45) is 1.02. The molecule has 1 atom stereocenters. The molecular formula is C20H23NO2. The second kappa shape index (κ2) is 6.34. The fourth-order valence-corrected chi connectivity index (χ4v) is 3.91. The van der Waals surface area contributed by atoms with Gasteiger partial charge in [-0.2, -0.15) is 0 Å². The molecule has 2 aromatic rings. The van der Waals surface area contributed by atoms with E-state index in [0.717, 1.165) is 51.6 Å². The quantitative estimate of drug-likeness (QED) is 0.870. The summed E-state index contributed by atoms with van der Waals surface area (Å²) in [4.78, 5) is 2.54. The molecule has 0 spiro atoms. The summed E-state index contributed by atoms with van der Waals surface area (Å²) in [5.41, 5.74) is 2.72. The summed E-state index contributed by atoms with van der Waals surface area (Å²) >= 11 is 0. The molecule has 1 fully saturated rings. The molecule has 0 aliphatic carbocycles. The van der Waals surface area contributed by atoms with Gasteiger partial charge < -0.3 is 9.47 Å². The molecule has 0 aromatic heterocycles. The molecule has 2 heterocycles. The largest absolute Gasteiger partial charge is 0.493 e. The van der Waals surface area contributed by atoms with Crippen molar-refractivity contribution in [2.24, 2.45) is 0 Å². The topological polar surface area (TPSA) is 21.7 Å². The summed E-state index contributed by atoms with van der Waals surface area (Å²) in [5.74, 6) is 1.04. The Morgan fingerprint density at radius 3 is 2.43 bits per heavy atom. The zero-order valence-corrected chi connectivity index (χ0v) is 13.4. The van der Waals surface area contributed by atoms with Crippen molar-refractivity contribution in [2.45, 2.75) is 11.8 Å². The maximum atomic E-state index is 5.95. The van der Waals surface area contributed by atoms with Gasteiger partial charge in [-0.25, -0.2) is 0 Å². The van der Waals surface area contributed by atoms with Crippen molar-refractivity contribution in [3.8, 4) is 5.75 Å². The molecule has 23 heavy (non-hydrogen) atoms. The number of rotatable bonds is 3. The monoisotopic (exact) mass is 309 g/mol. The first-order valence-corrected chi connectivity index (χ1v) is 8.46. The fraction of sp³-hybridized carbons (Fsp3) is 0.400. The summed E-state index contributed by atoms with van der Waals surface area (Å²) < 4.78 is 11.5. The van der Waals surface area contributed by atoms with Crippen LogP contribution in [0, 0.1) is 0 Å². The molecule has 120 valence electrons. The maximum absolute atomic E-state index is 5.95. The Balaban J connectivity index is 1.79. The van der Waals surface area contributed by atoms with Crippen LogP contribution in [0.3, 0.4) is 0 Å². The minimum Gasteiger partial charge on any atom is -0.493 e. The molecule has 0 amide bonds. The molecular weight excluding hydrogens is 286 g/mol. The third kappa shape index (κ3) is 2.75. The van der Waals surface area contributed by atoms with Crippen LogP contribution >= 0.6 is 0 Å². The van der Waals surface area contributed by atoms with Gasteiger partial charge in [-0.15, -0.1) is 0 Å². The van der Waals surface area contributed by atoms with Gasteiger partial charge in [0.05, 0.1) is 19.8 Å². The Morgan fingerprint density at radius 1 is 0.870 bits per heavy atom. The number of hydrogen-bond donors (Lipinski definition) is 0. The van der Waals surface area contributed by atoms with Gasteiger partial charge in [0.2, 0.25) is 0 Å². The zero-order chi connectivity index (χ0) is 15.5. The lowest BCUT2D eigenvalue weighted by atomic mass is 9.70. The Bertz CT molecular complexity index is 652. The van der Waals surface area contributed by atoms with Gasteiger partial charge in [0, 0.05) is 30.6 Å². The highest BCUT2D eigenvalue weighted by Crippen LogP contribution is 2.44. The number of fused-ring (bicyclic) bond motifs is 1. The third-order valence-corrected chi connectivity index (χ3v) is 5.11. The lowest BCUT2D eigenvalue weighted by molar-refractivity contribution is 0.0263. The molecule has 0 radical (unpaired) electrons. The first-order chi connectivity index (χ1) is 11.4. The Morgan fingerprint density at radius 2 is 1.61 bits per heavy atom. The standard InChI is InChI=1S/C20H23NO2/c1-2-6-17(7-3-1)20(16-21-11-14-22-15-12-21)10-13-23-19-9-5-4-8-18(19)20/h1-9H,10-16H2. The van der Waals surface area contributed by atoms with Crippen LogP contribution in [0.5, 0.6) is 5.75 Å². The normalized spacial score (nSPS) is 24.7. The average molecular weight is 309 g/mol. The fourth-order valence-electron chi connectivity index (χ4n) is 3.91. The van der Waals surface area contributed by atoms with Crippen LogP contribution in [-0.4, -0.2) is 44.4 Å². The van der Waals surface area contributed by atoms with Gasteiger partial charge in [-0.05, 0) is 18.1 Å². The van der Waals surface area contributed by atoms with Gasteiger partial charge in [-0.1, -0.05) is 48.5 Å². The molecule has 0 bridgehead atoms. The van der Waals surface area contributed by atoms with E-state index in [1.807, 2.05) is 0 Å². The number of morpholine rings is 1. The number of hydrogen-bond acceptors (Lipinski definition) is 3. The summed E-state index contributed by atoms with van der Waals surface area (Å²) in [6.45, 7) is 5.50. The highest BCUT2D eigenvalue weighted by Gasteiger charge is 2.40. The van der Waals surface area contributed by atoms with Crippen LogP contribution in [0.15, 0.2) is 54.6 Å². The Kier molecular flexibility index (Phi) is 4.06. The Labute approximate surface area is 137 Å². The first kappa shape index (κ1) is 14.7. The predicted octanol–water partition coefficient (Wildman–Crippen LogP) is 3.09. The van der Waals surface area contributed by atoms with Gasteiger partial charge in [0.25, 0.3) is 0 Å². The van der Waals surface area contributed by atoms with Crippen molar-refractivity contribution in [2.75, 3.05) is 39.5 Å². The van der Waals surface area contributed by atoms with Crippen molar-refractivity contribution in [1.29, 1.82) is 0 Å². The number of ether oxygens (including phenoxy) is 2. The zero-order valence-electron chi connectivity index (χ0n) is 13.4. The molecule has 3 nitrogen and oxygen atoms in total. The second-order valence-electron chi connectivity index (χ2n) is 6.43. The van der Waals surface area contributed by atoms with Crippen LogP contribution in [0.2, 0.25) is 0 Å². The van der Waals surface area contributed by atoms with E-state index < -0.39 is 0 Å². The molecule has 0 saturated carbocycles. The SMILES string of the molecule is c1ccc(C2(CN3CCOCC3)CCOc3ccccc32)cc1. The highest BCUT2D eigenvalue weighted by molar-refractivity contribution is 5.49. The van der Waals surface area contributed by atoms with E-state index in [2.05, 4.69) is 59.5 Å². The van der Waals surface area contributed by atoms with Crippen LogP contribution in [0.25, 0.3) is 0 Å². The van der Waals surface area contributed by atoms with Gasteiger partial charge in [0.1, 0.15) is 5.75 Å².